The Kier molecular flexibility index (Phi) is 6.46. The Morgan fingerprint density at radius 2 is 2.21 bits per heavy atom. The number of rotatable bonds is 5. The van der Waals surface area contributed by atoms with Crippen LogP contribution in [0.2, 0.25) is 0 Å². The lowest BCUT2D eigenvalue weighted by Gasteiger charge is -2.16. The fraction of sp³-hybridized carbons (Fsp3) is 0.400. The molecule has 0 aromatic heterocycles. The summed E-state index contributed by atoms with van der Waals surface area (Å²) < 4.78 is 5.21. The molecule has 19 heavy (non-hydrogen) atoms. The molecule has 1 aromatic carbocycles. The summed E-state index contributed by atoms with van der Waals surface area (Å²) in [5.74, 6) is 6.36. The minimum atomic E-state index is -0.157. The summed E-state index contributed by atoms with van der Waals surface area (Å²) in [5.41, 5.74) is 1.90. The van der Waals surface area contributed by atoms with Gasteiger partial charge in [0.25, 0.3) is 0 Å². The standard InChI is InChI=1S/C15H18N2O2/c1-17(9-4-8-16)12-14-11-15(19-2)7-6-13(14)5-3-10-18/h6-7,11,18H,4,9-10,12H2,1-2H3. The third-order valence-electron chi connectivity index (χ3n) is 2.66. The molecule has 0 aliphatic carbocycles. The highest BCUT2D eigenvalue weighted by Gasteiger charge is 2.06. The number of nitrogens with zero attached hydrogens (tertiary/aromatic N) is 2. The summed E-state index contributed by atoms with van der Waals surface area (Å²) in [6.07, 6.45) is 0.498. The lowest BCUT2D eigenvalue weighted by Crippen LogP contribution is -2.19. The fourth-order valence-corrected chi connectivity index (χ4v) is 1.70. The van der Waals surface area contributed by atoms with Crippen LogP contribution in [0.25, 0.3) is 0 Å². The van der Waals surface area contributed by atoms with Crippen LogP contribution in [0.3, 0.4) is 0 Å². The van der Waals surface area contributed by atoms with Gasteiger partial charge in [-0.15, -0.1) is 0 Å². The average molecular weight is 258 g/mol. The van der Waals surface area contributed by atoms with Gasteiger partial charge in [0.1, 0.15) is 12.4 Å². The van der Waals surface area contributed by atoms with Crippen LogP contribution in [0.5, 0.6) is 5.75 Å². The van der Waals surface area contributed by atoms with E-state index in [1.807, 2.05) is 25.2 Å². The lowest BCUT2D eigenvalue weighted by atomic mass is 10.1. The Bertz CT molecular complexity index is 509. The van der Waals surface area contributed by atoms with Crippen LogP contribution in [0, 0.1) is 23.2 Å². The van der Waals surface area contributed by atoms with Crippen molar-refractivity contribution in [2.45, 2.75) is 13.0 Å². The predicted molar refractivity (Wildman–Crippen MR) is 73.5 cm³/mol. The molecule has 0 unspecified atom stereocenters. The van der Waals surface area contributed by atoms with Gasteiger partial charge in [-0.2, -0.15) is 5.26 Å². The van der Waals surface area contributed by atoms with Gasteiger partial charge in [-0.05, 0) is 30.8 Å². The number of aliphatic hydroxyl groups is 1. The molecule has 0 amide bonds. The zero-order chi connectivity index (χ0) is 14.1. The Morgan fingerprint density at radius 1 is 1.42 bits per heavy atom. The van der Waals surface area contributed by atoms with Gasteiger partial charge in [0, 0.05) is 25.1 Å². The summed E-state index contributed by atoms with van der Waals surface area (Å²) in [4.78, 5) is 2.06. The van der Waals surface area contributed by atoms with E-state index in [2.05, 4.69) is 22.8 Å². The molecule has 4 nitrogen and oxygen atoms in total. The number of benzene rings is 1. The van der Waals surface area contributed by atoms with Crippen LogP contribution >= 0.6 is 0 Å². The van der Waals surface area contributed by atoms with Crippen molar-refractivity contribution in [1.82, 2.24) is 4.90 Å². The fourth-order valence-electron chi connectivity index (χ4n) is 1.70. The van der Waals surface area contributed by atoms with Crippen molar-refractivity contribution >= 4 is 0 Å². The molecule has 0 radical (unpaired) electrons. The van der Waals surface area contributed by atoms with E-state index in [9.17, 15) is 0 Å². The first-order valence-electron chi connectivity index (χ1n) is 6.03. The van der Waals surface area contributed by atoms with E-state index in [1.165, 1.54) is 0 Å². The van der Waals surface area contributed by atoms with Crippen molar-refractivity contribution in [3.8, 4) is 23.7 Å². The van der Waals surface area contributed by atoms with Gasteiger partial charge in [-0.3, -0.25) is 0 Å². The average Bonchev–Trinajstić information content (AvgIpc) is 2.43. The maximum atomic E-state index is 8.77. The lowest BCUT2D eigenvalue weighted by molar-refractivity contribution is 0.333. The second-order valence-corrected chi connectivity index (χ2v) is 4.13. The molecule has 1 aromatic rings. The molecule has 0 bridgehead atoms. The van der Waals surface area contributed by atoms with E-state index in [0.717, 1.165) is 16.9 Å². The highest BCUT2D eigenvalue weighted by atomic mass is 16.5. The molecule has 100 valence electrons. The van der Waals surface area contributed by atoms with Crippen LogP contribution in [0.4, 0.5) is 0 Å². The minimum Gasteiger partial charge on any atom is -0.497 e. The van der Waals surface area contributed by atoms with Gasteiger partial charge in [0.15, 0.2) is 0 Å². The highest BCUT2D eigenvalue weighted by molar-refractivity contribution is 5.45. The van der Waals surface area contributed by atoms with Crippen LogP contribution in [-0.2, 0) is 6.54 Å². The van der Waals surface area contributed by atoms with E-state index >= 15 is 0 Å². The molecule has 0 atom stereocenters. The Hall–Kier alpha value is -2.01. The quantitative estimate of drug-likeness (QED) is 0.811. The number of nitriles is 1. The summed E-state index contributed by atoms with van der Waals surface area (Å²) in [7, 11) is 3.58. The zero-order valence-electron chi connectivity index (χ0n) is 11.3. The molecule has 0 heterocycles. The van der Waals surface area contributed by atoms with Crippen molar-refractivity contribution in [1.29, 1.82) is 5.26 Å². The van der Waals surface area contributed by atoms with Crippen LogP contribution in [0.1, 0.15) is 17.5 Å². The monoisotopic (exact) mass is 258 g/mol. The first-order valence-corrected chi connectivity index (χ1v) is 6.03. The highest BCUT2D eigenvalue weighted by Crippen LogP contribution is 2.18. The topological polar surface area (TPSA) is 56.5 Å². The van der Waals surface area contributed by atoms with E-state index in [-0.39, 0.29) is 6.61 Å². The maximum Gasteiger partial charge on any atom is 0.119 e. The van der Waals surface area contributed by atoms with E-state index < -0.39 is 0 Å². The van der Waals surface area contributed by atoms with Gasteiger partial charge in [-0.25, -0.2) is 0 Å². The van der Waals surface area contributed by atoms with Gasteiger partial charge in [-0.1, -0.05) is 11.8 Å². The minimum absolute atomic E-state index is 0.157. The Morgan fingerprint density at radius 3 is 2.84 bits per heavy atom. The van der Waals surface area contributed by atoms with Crippen LogP contribution in [-0.4, -0.2) is 37.3 Å². The summed E-state index contributed by atoms with van der Waals surface area (Å²) in [6.45, 7) is 1.24. The molecule has 0 aliphatic heterocycles. The van der Waals surface area contributed by atoms with Gasteiger partial charge in [0.2, 0.25) is 0 Å². The van der Waals surface area contributed by atoms with Crippen LogP contribution < -0.4 is 4.74 Å². The van der Waals surface area contributed by atoms with Crippen molar-refractivity contribution in [2.75, 3.05) is 27.3 Å². The Labute approximate surface area is 114 Å². The van der Waals surface area contributed by atoms with Crippen molar-refractivity contribution in [3.05, 3.63) is 29.3 Å². The number of hydrogen-bond acceptors (Lipinski definition) is 4. The second kappa shape index (κ2) is 8.16. The van der Waals surface area contributed by atoms with E-state index in [4.69, 9.17) is 15.1 Å². The summed E-state index contributed by atoms with van der Waals surface area (Å²) in [6, 6.07) is 7.79. The first kappa shape index (κ1) is 15.0. The number of methoxy groups -OCH3 is 1. The summed E-state index contributed by atoms with van der Waals surface area (Å²) in [5, 5.41) is 17.4. The molecule has 0 fully saturated rings. The number of hydrogen-bond donors (Lipinski definition) is 1. The van der Waals surface area contributed by atoms with E-state index in [0.29, 0.717) is 19.5 Å². The molecular weight excluding hydrogens is 240 g/mol. The molecule has 0 spiro atoms. The molecule has 1 rings (SSSR count). The molecule has 0 saturated carbocycles. The maximum absolute atomic E-state index is 8.77. The van der Waals surface area contributed by atoms with Crippen molar-refractivity contribution in [2.24, 2.45) is 0 Å². The molecular formula is C15H18N2O2. The SMILES string of the molecule is COc1ccc(C#CCO)c(CN(C)CCC#N)c1. The normalized spacial score (nSPS) is 9.63. The largest absolute Gasteiger partial charge is 0.497 e. The predicted octanol–water partition coefficient (Wildman–Crippen LogP) is 1.38. The van der Waals surface area contributed by atoms with E-state index in [1.54, 1.807) is 7.11 Å². The van der Waals surface area contributed by atoms with Crippen molar-refractivity contribution in [3.63, 3.8) is 0 Å². The summed E-state index contributed by atoms with van der Waals surface area (Å²) >= 11 is 0. The van der Waals surface area contributed by atoms with Gasteiger partial charge in [0.05, 0.1) is 13.2 Å². The van der Waals surface area contributed by atoms with Crippen molar-refractivity contribution < 1.29 is 9.84 Å². The molecule has 4 heteroatoms. The number of ether oxygens (including phenoxy) is 1. The first-order chi connectivity index (χ1) is 9.21. The zero-order valence-corrected chi connectivity index (χ0v) is 11.3. The third-order valence-corrected chi connectivity index (χ3v) is 2.66. The number of aliphatic hydroxyl groups excluding tert-OH is 1. The molecule has 0 saturated heterocycles. The Balaban J connectivity index is 2.91. The molecule has 1 N–H and O–H groups in total. The van der Waals surface area contributed by atoms with Gasteiger partial charge < -0.3 is 14.7 Å². The molecule has 0 aliphatic rings. The van der Waals surface area contributed by atoms with Crippen LogP contribution in [0.15, 0.2) is 18.2 Å². The van der Waals surface area contributed by atoms with Gasteiger partial charge >= 0.3 is 0 Å². The third kappa shape index (κ3) is 5.01. The second-order valence-electron chi connectivity index (χ2n) is 4.13. The smallest absolute Gasteiger partial charge is 0.119 e.